The van der Waals surface area contributed by atoms with E-state index < -0.39 is 11.5 Å². The normalized spacial score (nSPS) is 10.5. The summed E-state index contributed by atoms with van der Waals surface area (Å²) in [6.45, 7) is 0.0797. The Morgan fingerprint density at radius 2 is 1.34 bits per heavy atom. The number of benzene rings is 3. The molecule has 0 aliphatic rings. The lowest BCUT2D eigenvalue weighted by Gasteiger charge is -2.13. The minimum Gasteiger partial charge on any atom is -0.457 e. The molecule has 0 unspecified atom stereocenters. The fraction of sp³-hybridized carbons (Fsp3) is 0.0417. The number of aromatic amines is 1. The molecule has 5 heteroatoms. The van der Waals surface area contributed by atoms with Crippen molar-refractivity contribution in [1.29, 1.82) is 0 Å². The number of carbonyl (C=O) groups is 1. The third-order valence-electron chi connectivity index (χ3n) is 4.51. The number of H-pyrrole nitrogens is 1. The van der Waals surface area contributed by atoms with Crippen LogP contribution in [0.3, 0.4) is 0 Å². The molecule has 29 heavy (non-hydrogen) atoms. The van der Waals surface area contributed by atoms with Crippen molar-refractivity contribution in [1.82, 2.24) is 10.2 Å². The Kier molecular flexibility index (Phi) is 5.29. The van der Waals surface area contributed by atoms with Crippen molar-refractivity contribution in [3.63, 3.8) is 0 Å². The van der Waals surface area contributed by atoms with Gasteiger partial charge in [-0.15, -0.1) is 0 Å². The summed E-state index contributed by atoms with van der Waals surface area (Å²) in [6.07, 6.45) is 0. The number of hydrogen-bond acceptors (Lipinski definition) is 4. The Labute approximate surface area is 167 Å². The fourth-order valence-electron chi connectivity index (χ4n) is 3.13. The summed E-state index contributed by atoms with van der Waals surface area (Å²) >= 11 is 0. The zero-order chi connectivity index (χ0) is 20.1. The predicted octanol–water partition coefficient (Wildman–Crippen LogP) is 4.46. The van der Waals surface area contributed by atoms with E-state index in [2.05, 4.69) is 10.2 Å². The molecule has 5 nitrogen and oxygen atoms in total. The van der Waals surface area contributed by atoms with Crippen LogP contribution < -0.4 is 5.56 Å². The SMILES string of the molecule is O=C(OCc1ccccc1)c1c(-c2ccccc2)c(-c2ccccc2)n[nH]c1=O. The molecule has 142 valence electrons. The molecular weight excluding hydrogens is 364 g/mol. The van der Waals surface area contributed by atoms with Gasteiger partial charge in [-0.3, -0.25) is 4.79 Å². The quantitative estimate of drug-likeness (QED) is 0.517. The largest absolute Gasteiger partial charge is 0.457 e. The summed E-state index contributed by atoms with van der Waals surface area (Å²) < 4.78 is 5.46. The van der Waals surface area contributed by atoms with Crippen molar-refractivity contribution in [2.45, 2.75) is 6.61 Å². The summed E-state index contributed by atoms with van der Waals surface area (Å²) in [5.41, 5.74) is 2.69. The van der Waals surface area contributed by atoms with E-state index in [1.807, 2.05) is 91.0 Å². The first kappa shape index (κ1) is 18.4. The third-order valence-corrected chi connectivity index (χ3v) is 4.51. The van der Waals surface area contributed by atoms with Crippen LogP contribution in [0.15, 0.2) is 95.8 Å². The van der Waals surface area contributed by atoms with Crippen LogP contribution in [0.5, 0.6) is 0 Å². The Morgan fingerprint density at radius 3 is 1.97 bits per heavy atom. The van der Waals surface area contributed by atoms with Crippen molar-refractivity contribution in [3.8, 4) is 22.4 Å². The molecule has 0 aliphatic heterocycles. The van der Waals surface area contributed by atoms with Gasteiger partial charge in [0.05, 0.1) is 5.69 Å². The summed E-state index contributed by atoms with van der Waals surface area (Å²) in [5.74, 6) is -0.687. The molecule has 1 N–H and O–H groups in total. The van der Waals surface area contributed by atoms with Crippen LogP contribution in [0, 0.1) is 0 Å². The summed E-state index contributed by atoms with van der Waals surface area (Å²) in [5, 5.41) is 6.69. The van der Waals surface area contributed by atoms with E-state index in [-0.39, 0.29) is 12.2 Å². The van der Waals surface area contributed by atoms with Gasteiger partial charge in [-0.25, -0.2) is 9.89 Å². The maximum absolute atomic E-state index is 12.9. The van der Waals surface area contributed by atoms with Crippen molar-refractivity contribution in [2.24, 2.45) is 0 Å². The lowest BCUT2D eigenvalue weighted by Crippen LogP contribution is -2.23. The number of nitrogens with zero attached hydrogens (tertiary/aromatic N) is 1. The predicted molar refractivity (Wildman–Crippen MR) is 111 cm³/mol. The molecule has 4 aromatic rings. The molecule has 0 saturated heterocycles. The van der Waals surface area contributed by atoms with Gasteiger partial charge in [0.2, 0.25) is 0 Å². The minimum atomic E-state index is -0.687. The minimum absolute atomic E-state index is 0.0546. The highest BCUT2D eigenvalue weighted by molar-refractivity contribution is 6.00. The van der Waals surface area contributed by atoms with Crippen LogP contribution >= 0.6 is 0 Å². The summed E-state index contributed by atoms with van der Waals surface area (Å²) in [6, 6.07) is 28.0. The molecule has 0 saturated carbocycles. The molecule has 4 rings (SSSR count). The number of esters is 1. The molecule has 0 atom stereocenters. The van der Waals surface area contributed by atoms with E-state index in [9.17, 15) is 9.59 Å². The van der Waals surface area contributed by atoms with Gasteiger partial charge in [0.15, 0.2) is 0 Å². The van der Waals surface area contributed by atoms with Gasteiger partial charge in [-0.1, -0.05) is 91.0 Å². The zero-order valence-corrected chi connectivity index (χ0v) is 15.5. The van der Waals surface area contributed by atoms with E-state index in [0.717, 1.165) is 16.7 Å². The summed E-state index contributed by atoms with van der Waals surface area (Å²) in [4.78, 5) is 25.6. The first-order chi connectivity index (χ1) is 14.2. The third kappa shape index (κ3) is 3.99. The highest BCUT2D eigenvalue weighted by Gasteiger charge is 2.24. The van der Waals surface area contributed by atoms with Gasteiger partial charge in [0.25, 0.3) is 5.56 Å². The fourth-order valence-corrected chi connectivity index (χ4v) is 3.13. The molecule has 0 bridgehead atoms. The Bertz CT molecular complexity index is 1170. The molecule has 3 aromatic carbocycles. The lowest BCUT2D eigenvalue weighted by molar-refractivity contribution is 0.0471. The second-order valence-electron chi connectivity index (χ2n) is 6.45. The van der Waals surface area contributed by atoms with Gasteiger partial charge in [0.1, 0.15) is 12.2 Å². The summed E-state index contributed by atoms with van der Waals surface area (Å²) in [7, 11) is 0. The van der Waals surface area contributed by atoms with Crippen LogP contribution in [0.25, 0.3) is 22.4 Å². The van der Waals surface area contributed by atoms with Gasteiger partial charge >= 0.3 is 5.97 Å². The Morgan fingerprint density at radius 1 is 0.793 bits per heavy atom. The first-order valence-electron chi connectivity index (χ1n) is 9.18. The number of nitrogens with one attached hydrogen (secondary N) is 1. The van der Waals surface area contributed by atoms with Crippen molar-refractivity contribution in [3.05, 3.63) is 112 Å². The topological polar surface area (TPSA) is 72.0 Å². The van der Waals surface area contributed by atoms with Gasteiger partial charge in [-0.2, -0.15) is 5.10 Å². The molecule has 1 heterocycles. The van der Waals surface area contributed by atoms with Crippen LogP contribution in [0.4, 0.5) is 0 Å². The highest BCUT2D eigenvalue weighted by atomic mass is 16.5. The van der Waals surface area contributed by atoms with Crippen LogP contribution in [-0.4, -0.2) is 16.2 Å². The zero-order valence-electron chi connectivity index (χ0n) is 15.5. The van der Waals surface area contributed by atoms with E-state index in [4.69, 9.17) is 4.74 Å². The number of ether oxygens (including phenoxy) is 1. The second kappa shape index (κ2) is 8.35. The number of carbonyl (C=O) groups excluding carboxylic acids is 1. The van der Waals surface area contributed by atoms with Crippen molar-refractivity contribution >= 4 is 5.97 Å². The lowest BCUT2D eigenvalue weighted by atomic mass is 9.95. The monoisotopic (exact) mass is 382 g/mol. The maximum Gasteiger partial charge on any atom is 0.344 e. The molecule has 1 aromatic heterocycles. The second-order valence-corrected chi connectivity index (χ2v) is 6.45. The maximum atomic E-state index is 12.9. The number of rotatable bonds is 5. The van der Waals surface area contributed by atoms with Crippen LogP contribution in [0.1, 0.15) is 15.9 Å². The number of aromatic nitrogens is 2. The first-order valence-corrected chi connectivity index (χ1v) is 9.18. The molecule has 0 aliphatic carbocycles. The van der Waals surface area contributed by atoms with Crippen molar-refractivity contribution < 1.29 is 9.53 Å². The van der Waals surface area contributed by atoms with E-state index in [0.29, 0.717) is 11.3 Å². The molecule has 0 fully saturated rings. The standard InChI is InChI=1S/C24H18N2O3/c27-23-21(24(28)29-16-17-10-4-1-5-11-17)20(18-12-6-2-7-13-18)22(25-26-23)19-14-8-3-9-15-19/h1-15H,16H2,(H,26,27). The molecule has 0 amide bonds. The van der Waals surface area contributed by atoms with Crippen molar-refractivity contribution in [2.75, 3.05) is 0 Å². The Balaban J connectivity index is 1.82. The molecule has 0 spiro atoms. The van der Waals surface area contributed by atoms with E-state index in [1.165, 1.54) is 0 Å². The number of hydrogen-bond donors (Lipinski definition) is 1. The van der Waals surface area contributed by atoms with E-state index >= 15 is 0 Å². The van der Waals surface area contributed by atoms with Gasteiger partial charge in [-0.05, 0) is 11.1 Å². The average molecular weight is 382 g/mol. The van der Waals surface area contributed by atoms with Gasteiger partial charge in [0, 0.05) is 11.1 Å². The van der Waals surface area contributed by atoms with Crippen LogP contribution in [0.2, 0.25) is 0 Å². The Hall–Kier alpha value is -3.99. The molecular formula is C24H18N2O3. The smallest absolute Gasteiger partial charge is 0.344 e. The van der Waals surface area contributed by atoms with E-state index in [1.54, 1.807) is 0 Å². The van der Waals surface area contributed by atoms with Gasteiger partial charge < -0.3 is 4.74 Å². The highest BCUT2D eigenvalue weighted by Crippen LogP contribution is 2.31. The molecule has 0 radical (unpaired) electrons. The van der Waals surface area contributed by atoms with Crippen LogP contribution in [-0.2, 0) is 11.3 Å². The average Bonchev–Trinajstić information content (AvgIpc) is 2.79.